The monoisotopic (exact) mass is 381 g/mol. The van der Waals surface area contributed by atoms with Crippen molar-refractivity contribution in [1.82, 2.24) is 4.72 Å². The second kappa shape index (κ2) is 9.24. The highest BCUT2D eigenvalue weighted by atomic mass is 32.2. The molecule has 0 bridgehead atoms. The molecular weight excluding hydrogens is 358 g/mol. The summed E-state index contributed by atoms with van der Waals surface area (Å²) in [6.07, 6.45) is 1.95. The molecule has 0 fully saturated rings. The molecule has 0 aliphatic carbocycles. The van der Waals surface area contributed by atoms with E-state index < -0.39 is 16.1 Å². The summed E-state index contributed by atoms with van der Waals surface area (Å²) in [6, 6.07) is 13.6. The smallest absolute Gasteiger partial charge is 0.240 e. The first-order chi connectivity index (χ1) is 12.0. The zero-order chi connectivity index (χ0) is 18.3. The summed E-state index contributed by atoms with van der Waals surface area (Å²) in [6.45, 7) is 2.50. The maximum absolute atomic E-state index is 12.3. The second-order valence-corrected chi connectivity index (χ2v) is 8.11. The Labute approximate surface area is 153 Å². The SMILES string of the molecule is CCCOc1ccc(S(=O)(=O)NCC(O)c2ccc(SC)cc2)cc1. The van der Waals surface area contributed by atoms with E-state index in [1.54, 1.807) is 36.0 Å². The molecule has 25 heavy (non-hydrogen) atoms. The van der Waals surface area contributed by atoms with Crippen LogP contribution in [-0.4, -0.2) is 32.9 Å². The average Bonchev–Trinajstić information content (AvgIpc) is 2.65. The van der Waals surface area contributed by atoms with Crippen LogP contribution >= 0.6 is 11.8 Å². The van der Waals surface area contributed by atoms with Crippen LogP contribution in [0.5, 0.6) is 5.75 Å². The van der Waals surface area contributed by atoms with Crippen LogP contribution in [0.2, 0.25) is 0 Å². The van der Waals surface area contributed by atoms with Gasteiger partial charge >= 0.3 is 0 Å². The molecule has 0 aromatic heterocycles. The molecule has 0 aliphatic rings. The minimum absolute atomic E-state index is 0.0883. The van der Waals surface area contributed by atoms with E-state index in [-0.39, 0.29) is 11.4 Å². The molecule has 2 N–H and O–H groups in total. The molecule has 2 aromatic rings. The normalized spacial score (nSPS) is 12.8. The fraction of sp³-hybridized carbons (Fsp3) is 0.333. The summed E-state index contributed by atoms with van der Waals surface area (Å²) < 4.78 is 32.5. The lowest BCUT2D eigenvalue weighted by atomic mass is 10.1. The fourth-order valence-corrected chi connectivity index (χ4v) is 3.60. The van der Waals surface area contributed by atoms with Gasteiger partial charge in [-0.05, 0) is 54.6 Å². The van der Waals surface area contributed by atoms with Crippen molar-refractivity contribution in [3.05, 3.63) is 54.1 Å². The number of hydrogen-bond donors (Lipinski definition) is 2. The molecule has 0 radical (unpaired) electrons. The molecule has 2 rings (SSSR count). The summed E-state index contributed by atoms with van der Waals surface area (Å²) in [5.41, 5.74) is 0.670. The highest BCUT2D eigenvalue weighted by Crippen LogP contribution is 2.20. The molecule has 1 atom stereocenters. The molecule has 5 nitrogen and oxygen atoms in total. The predicted molar refractivity (Wildman–Crippen MR) is 101 cm³/mol. The molecule has 2 aromatic carbocycles. The zero-order valence-corrected chi connectivity index (χ0v) is 15.9. The lowest BCUT2D eigenvalue weighted by Gasteiger charge is -2.13. The number of thioether (sulfide) groups is 1. The maximum Gasteiger partial charge on any atom is 0.240 e. The van der Waals surface area contributed by atoms with Crippen molar-refractivity contribution in [3.8, 4) is 5.75 Å². The summed E-state index contributed by atoms with van der Waals surface area (Å²) in [5.74, 6) is 0.634. The Morgan fingerprint density at radius 3 is 2.32 bits per heavy atom. The van der Waals surface area contributed by atoms with Crippen LogP contribution in [0.1, 0.15) is 25.0 Å². The number of nitrogens with one attached hydrogen (secondary N) is 1. The lowest BCUT2D eigenvalue weighted by Crippen LogP contribution is -2.28. The van der Waals surface area contributed by atoms with Gasteiger partial charge in [0, 0.05) is 11.4 Å². The number of aliphatic hydroxyl groups excluding tert-OH is 1. The summed E-state index contributed by atoms with van der Waals surface area (Å²) in [5, 5.41) is 10.2. The molecule has 0 aliphatic heterocycles. The van der Waals surface area contributed by atoms with E-state index in [2.05, 4.69) is 4.72 Å². The van der Waals surface area contributed by atoms with E-state index in [0.717, 1.165) is 11.3 Å². The van der Waals surface area contributed by atoms with Crippen LogP contribution in [0.15, 0.2) is 58.3 Å². The molecule has 0 saturated heterocycles. The van der Waals surface area contributed by atoms with Gasteiger partial charge in [-0.15, -0.1) is 11.8 Å². The fourth-order valence-electron chi connectivity index (χ4n) is 2.15. The number of benzene rings is 2. The van der Waals surface area contributed by atoms with Crippen molar-refractivity contribution in [1.29, 1.82) is 0 Å². The van der Waals surface area contributed by atoms with Crippen molar-refractivity contribution in [2.75, 3.05) is 19.4 Å². The third-order valence-electron chi connectivity index (χ3n) is 3.57. The van der Waals surface area contributed by atoms with E-state index in [4.69, 9.17) is 4.74 Å². The summed E-state index contributed by atoms with van der Waals surface area (Å²) in [4.78, 5) is 1.23. The summed E-state index contributed by atoms with van der Waals surface area (Å²) in [7, 11) is -3.68. The first-order valence-electron chi connectivity index (χ1n) is 8.01. The van der Waals surface area contributed by atoms with Crippen molar-refractivity contribution in [2.45, 2.75) is 29.2 Å². The van der Waals surface area contributed by atoms with Gasteiger partial charge in [-0.3, -0.25) is 0 Å². The van der Waals surface area contributed by atoms with E-state index in [9.17, 15) is 13.5 Å². The van der Waals surface area contributed by atoms with Crippen LogP contribution in [-0.2, 0) is 10.0 Å². The van der Waals surface area contributed by atoms with Crippen LogP contribution in [0.25, 0.3) is 0 Å². The molecule has 0 saturated carbocycles. The van der Waals surface area contributed by atoms with Gasteiger partial charge in [-0.1, -0.05) is 19.1 Å². The number of hydrogen-bond acceptors (Lipinski definition) is 5. The standard InChI is InChI=1S/C18H23NO4S2/c1-3-12-23-15-6-10-17(11-7-15)25(21,22)19-13-18(20)14-4-8-16(24-2)9-5-14/h4-11,18-20H,3,12-13H2,1-2H3. The first-order valence-corrected chi connectivity index (χ1v) is 10.7. The minimum atomic E-state index is -3.68. The molecule has 1 unspecified atom stereocenters. The molecule has 0 heterocycles. The predicted octanol–water partition coefficient (Wildman–Crippen LogP) is 3.21. The summed E-state index contributed by atoms with van der Waals surface area (Å²) >= 11 is 1.61. The highest BCUT2D eigenvalue weighted by Gasteiger charge is 2.17. The van der Waals surface area contributed by atoms with E-state index in [1.807, 2.05) is 25.3 Å². The Morgan fingerprint density at radius 2 is 1.76 bits per heavy atom. The first kappa shape index (κ1) is 19.8. The molecule has 0 spiro atoms. The molecule has 0 amide bonds. The number of aliphatic hydroxyl groups is 1. The van der Waals surface area contributed by atoms with Gasteiger partial charge in [0.15, 0.2) is 0 Å². The van der Waals surface area contributed by atoms with Gasteiger partial charge in [-0.25, -0.2) is 13.1 Å². The van der Waals surface area contributed by atoms with Gasteiger partial charge < -0.3 is 9.84 Å². The Balaban J connectivity index is 1.97. The zero-order valence-electron chi connectivity index (χ0n) is 14.3. The largest absolute Gasteiger partial charge is 0.494 e. The Morgan fingerprint density at radius 1 is 1.12 bits per heavy atom. The molecular formula is C18H23NO4S2. The Kier molecular flexibility index (Phi) is 7.31. The maximum atomic E-state index is 12.3. The van der Waals surface area contributed by atoms with Gasteiger partial charge in [0.2, 0.25) is 10.0 Å². The topological polar surface area (TPSA) is 75.6 Å². The van der Waals surface area contributed by atoms with Crippen LogP contribution in [0, 0.1) is 0 Å². The van der Waals surface area contributed by atoms with Gasteiger partial charge in [0.05, 0.1) is 17.6 Å². The second-order valence-electron chi connectivity index (χ2n) is 5.46. The van der Waals surface area contributed by atoms with Crippen molar-refractivity contribution in [3.63, 3.8) is 0 Å². The van der Waals surface area contributed by atoms with Crippen molar-refractivity contribution >= 4 is 21.8 Å². The van der Waals surface area contributed by atoms with Crippen molar-refractivity contribution in [2.24, 2.45) is 0 Å². The van der Waals surface area contributed by atoms with Gasteiger partial charge in [0.1, 0.15) is 5.75 Å². The van der Waals surface area contributed by atoms with Crippen LogP contribution in [0.3, 0.4) is 0 Å². The highest BCUT2D eigenvalue weighted by molar-refractivity contribution is 7.98. The Hall–Kier alpha value is -1.54. The lowest BCUT2D eigenvalue weighted by molar-refractivity contribution is 0.182. The number of rotatable bonds is 9. The van der Waals surface area contributed by atoms with E-state index in [1.165, 1.54) is 12.1 Å². The van der Waals surface area contributed by atoms with E-state index in [0.29, 0.717) is 17.9 Å². The number of sulfonamides is 1. The van der Waals surface area contributed by atoms with Gasteiger partial charge in [0.25, 0.3) is 0 Å². The Bertz CT molecular complexity index is 759. The average molecular weight is 382 g/mol. The minimum Gasteiger partial charge on any atom is -0.494 e. The van der Waals surface area contributed by atoms with Crippen molar-refractivity contribution < 1.29 is 18.3 Å². The van der Waals surface area contributed by atoms with Gasteiger partial charge in [-0.2, -0.15) is 0 Å². The molecule has 136 valence electrons. The third kappa shape index (κ3) is 5.74. The molecule has 7 heteroatoms. The van der Waals surface area contributed by atoms with Crippen LogP contribution in [0.4, 0.5) is 0 Å². The quantitative estimate of drug-likeness (QED) is 0.653. The van der Waals surface area contributed by atoms with Crippen LogP contribution < -0.4 is 9.46 Å². The van der Waals surface area contributed by atoms with E-state index >= 15 is 0 Å². The third-order valence-corrected chi connectivity index (χ3v) is 5.76. The number of ether oxygens (including phenoxy) is 1.